The number of ether oxygens (including phenoxy) is 9. The molecule has 0 spiro atoms. The quantitative estimate of drug-likeness (QED) is 0.0617. The molecule has 0 unspecified atom stereocenters. The van der Waals surface area contributed by atoms with Gasteiger partial charge in [-0.05, 0) is 49.7 Å². The van der Waals surface area contributed by atoms with Crippen molar-refractivity contribution in [1.82, 2.24) is 19.1 Å². The fraction of sp³-hybridized carbons (Fsp3) is 0.702. The Labute approximate surface area is 382 Å². The molecule has 18 heteroatoms. The summed E-state index contributed by atoms with van der Waals surface area (Å²) in [7, 11) is 1.64. The van der Waals surface area contributed by atoms with Crippen LogP contribution in [0.5, 0.6) is 0 Å². The van der Waals surface area contributed by atoms with Crippen molar-refractivity contribution in [3.63, 3.8) is 0 Å². The fourth-order valence-corrected chi connectivity index (χ4v) is 7.57. The van der Waals surface area contributed by atoms with E-state index in [0.29, 0.717) is 160 Å². The van der Waals surface area contributed by atoms with E-state index in [1.165, 1.54) is 30.3 Å². The van der Waals surface area contributed by atoms with Gasteiger partial charge in [-0.25, -0.2) is 14.6 Å². The van der Waals surface area contributed by atoms with Gasteiger partial charge in [0.2, 0.25) is 0 Å². The highest BCUT2D eigenvalue weighted by Crippen LogP contribution is 2.27. The van der Waals surface area contributed by atoms with Crippen LogP contribution in [0, 0.1) is 23.7 Å². The van der Waals surface area contributed by atoms with Gasteiger partial charge in [0, 0.05) is 37.2 Å². The van der Waals surface area contributed by atoms with Crippen molar-refractivity contribution in [2.45, 2.75) is 77.3 Å². The zero-order chi connectivity index (χ0) is 46.2. The van der Waals surface area contributed by atoms with Gasteiger partial charge >= 0.3 is 11.7 Å². The number of nitrogens with zero attached hydrogens (tertiary/aromatic N) is 3. The molecular weight excluding hydrogens is 845 g/mol. The minimum absolute atomic E-state index is 0.0322. The topological polar surface area (TPSA) is 213 Å². The summed E-state index contributed by atoms with van der Waals surface area (Å²) < 4.78 is 50.6. The number of carboxylic acids is 1. The first-order valence-corrected chi connectivity index (χ1v) is 23.2. The van der Waals surface area contributed by atoms with E-state index < -0.39 is 5.97 Å². The first kappa shape index (κ1) is 53.6. The molecule has 0 saturated heterocycles. The van der Waals surface area contributed by atoms with E-state index in [9.17, 15) is 14.4 Å². The third-order valence-corrected chi connectivity index (χ3v) is 10.9. The summed E-state index contributed by atoms with van der Waals surface area (Å²) in [4.78, 5) is 45.8. The number of hydrogen-bond donors (Lipinski definition) is 3. The van der Waals surface area contributed by atoms with Gasteiger partial charge < -0.3 is 57.8 Å². The van der Waals surface area contributed by atoms with E-state index in [2.05, 4.69) is 16.8 Å². The van der Waals surface area contributed by atoms with Crippen LogP contribution in [0.3, 0.4) is 0 Å². The molecule has 364 valence electrons. The van der Waals surface area contributed by atoms with Gasteiger partial charge in [0.05, 0.1) is 119 Å². The maximum Gasteiger partial charge on any atom is 0.382 e. The van der Waals surface area contributed by atoms with Gasteiger partial charge in [0.1, 0.15) is 11.3 Å². The third kappa shape index (κ3) is 21.5. The van der Waals surface area contributed by atoms with Crippen LogP contribution in [-0.4, -0.2) is 161 Å². The number of fused-ring (bicyclic) bond motifs is 1. The van der Waals surface area contributed by atoms with Crippen LogP contribution in [0.1, 0.15) is 69.8 Å². The van der Waals surface area contributed by atoms with Gasteiger partial charge in [-0.2, -0.15) is 0 Å². The highest BCUT2D eigenvalue weighted by Gasteiger charge is 2.24. The van der Waals surface area contributed by atoms with Gasteiger partial charge in [0.15, 0.2) is 5.65 Å². The van der Waals surface area contributed by atoms with Gasteiger partial charge in [-0.1, -0.05) is 56.6 Å². The number of rotatable bonds is 31. The van der Waals surface area contributed by atoms with Gasteiger partial charge in [-0.3, -0.25) is 13.9 Å². The maximum atomic E-state index is 13.7. The van der Waals surface area contributed by atoms with Crippen molar-refractivity contribution in [2.24, 2.45) is 11.8 Å². The normalized spacial score (nSPS) is 14.6. The van der Waals surface area contributed by atoms with E-state index in [1.807, 2.05) is 0 Å². The second-order valence-electron chi connectivity index (χ2n) is 15.8. The molecule has 2 aliphatic rings. The molecule has 5 rings (SSSR count). The van der Waals surface area contributed by atoms with Crippen molar-refractivity contribution in [3.8, 4) is 23.2 Å². The highest BCUT2D eigenvalue weighted by molar-refractivity contribution is 5.87. The van der Waals surface area contributed by atoms with Crippen LogP contribution in [0.25, 0.3) is 22.6 Å². The van der Waals surface area contributed by atoms with E-state index in [0.717, 1.165) is 44.1 Å². The summed E-state index contributed by atoms with van der Waals surface area (Å²) in [6.07, 6.45) is 11.4. The number of H-pyrrole nitrogens is 1. The molecule has 65 heavy (non-hydrogen) atoms. The highest BCUT2D eigenvalue weighted by atomic mass is 16.6. The zero-order valence-electron chi connectivity index (χ0n) is 38.3. The Bertz CT molecular complexity index is 1880. The van der Waals surface area contributed by atoms with Crippen molar-refractivity contribution in [1.29, 1.82) is 0 Å². The zero-order valence-corrected chi connectivity index (χ0v) is 38.3. The molecule has 1 aromatic carbocycles. The Kier molecular flexibility index (Phi) is 27.6. The number of aromatic nitrogens is 4. The lowest BCUT2D eigenvalue weighted by Gasteiger charge is -2.24. The minimum Gasteiger partial charge on any atom is -0.472 e. The number of imidazole rings is 1. The standard InChI is InChI=1S/C28H32N4O4.C19H40O10/c33-23(34)16-13-19-11-14-22(15-12-19)25-29-24-26(30-25)31(17-20-7-3-1-4-8-20)28(36)32(27(24)35)18-21-9-5-2-6-10-21;1-21-4-5-23-8-9-25-12-13-27-16-17-29-19-18-28-15-14-26-11-10-24-7-6-22-3-2-20/h11-12,14-15,20-21H,1-10,17-18H2,(H,29,30)(H,33,34);20H,2-19H2,1H3. The van der Waals surface area contributed by atoms with Crippen molar-refractivity contribution >= 4 is 17.1 Å². The number of aliphatic hydroxyl groups is 1. The summed E-state index contributed by atoms with van der Waals surface area (Å²) in [5.41, 5.74) is 1.54. The molecule has 2 aromatic heterocycles. The third-order valence-electron chi connectivity index (χ3n) is 10.9. The summed E-state index contributed by atoms with van der Waals surface area (Å²) in [6, 6.07) is 7.01. The van der Waals surface area contributed by atoms with Crippen LogP contribution in [-0.2, 0) is 60.5 Å². The molecule has 0 bridgehead atoms. The van der Waals surface area contributed by atoms with E-state index in [1.54, 1.807) is 35.9 Å². The number of methoxy groups -OCH3 is 1. The Balaban J connectivity index is 0.000000293. The molecule has 3 N–H and O–H groups in total. The molecule has 0 atom stereocenters. The smallest absolute Gasteiger partial charge is 0.382 e. The predicted octanol–water partition coefficient (Wildman–Crippen LogP) is 3.91. The molecule has 2 saturated carbocycles. The Morgan fingerprint density at radius 2 is 1.05 bits per heavy atom. The second kappa shape index (κ2) is 33.5. The number of benzene rings is 1. The fourth-order valence-electron chi connectivity index (χ4n) is 7.57. The molecular formula is C47H72N4O14. The monoisotopic (exact) mass is 917 g/mol. The Morgan fingerprint density at radius 1 is 0.631 bits per heavy atom. The van der Waals surface area contributed by atoms with Crippen LogP contribution in [0.2, 0.25) is 0 Å². The lowest BCUT2D eigenvalue weighted by Crippen LogP contribution is -2.42. The molecule has 2 fully saturated rings. The first-order valence-electron chi connectivity index (χ1n) is 23.2. The van der Waals surface area contributed by atoms with Crippen LogP contribution >= 0.6 is 0 Å². The summed E-state index contributed by atoms with van der Waals surface area (Å²) in [5.74, 6) is 4.78. The average Bonchev–Trinajstić information content (AvgIpc) is 3.78. The molecule has 2 aliphatic carbocycles. The number of hydrogen-bond acceptors (Lipinski definition) is 14. The van der Waals surface area contributed by atoms with Gasteiger partial charge in [0.25, 0.3) is 5.56 Å². The number of aliphatic carboxylic acids is 1. The Hall–Kier alpha value is -4.00. The molecule has 0 radical (unpaired) electrons. The SMILES string of the molecule is COCCOCCOCCOCCOCCOCCOCCOCCOCCO.O=C(O)C#Cc1ccc(-c2nc3c([nH]2)c(=O)n(CC2CCCCC2)c(=O)n3CC2CCCCC2)cc1. The van der Waals surface area contributed by atoms with Crippen LogP contribution in [0.4, 0.5) is 0 Å². The lowest BCUT2D eigenvalue weighted by atomic mass is 9.89. The number of aliphatic hydroxyl groups excluding tert-OH is 1. The molecule has 0 amide bonds. The van der Waals surface area contributed by atoms with Crippen LogP contribution < -0.4 is 11.2 Å². The number of carboxylic acid groups (broad SMARTS) is 1. The minimum atomic E-state index is -1.18. The summed E-state index contributed by atoms with van der Waals surface area (Å²) >= 11 is 0. The maximum absolute atomic E-state index is 13.7. The second-order valence-corrected chi connectivity index (χ2v) is 15.8. The molecule has 18 nitrogen and oxygen atoms in total. The van der Waals surface area contributed by atoms with Crippen LogP contribution in [0.15, 0.2) is 33.9 Å². The molecule has 3 aromatic rings. The summed E-state index contributed by atoms with van der Waals surface area (Å²) in [5, 5.41) is 17.3. The molecule has 0 aliphatic heterocycles. The predicted molar refractivity (Wildman–Crippen MR) is 243 cm³/mol. The number of nitrogens with one attached hydrogen (secondary N) is 1. The van der Waals surface area contributed by atoms with E-state index in [-0.39, 0.29) is 17.9 Å². The van der Waals surface area contributed by atoms with E-state index >= 15 is 0 Å². The lowest BCUT2D eigenvalue weighted by molar-refractivity contribution is -0.130. The average molecular weight is 917 g/mol. The number of aromatic amines is 1. The number of carbonyl (C=O) groups is 1. The van der Waals surface area contributed by atoms with Gasteiger partial charge in [-0.15, -0.1) is 0 Å². The molecule has 2 heterocycles. The van der Waals surface area contributed by atoms with Crippen molar-refractivity contribution in [3.05, 3.63) is 50.7 Å². The first-order chi connectivity index (χ1) is 31.9. The van der Waals surface area contributed by atoms with Crippen molar-refractivity contribution < 1.29 is 57.6 Å². The Morgan fingerprint density at radius 3 is 1.46 bits per heavy atom. The van der Waals surface area contributed by atoms with E-state index in [4.69, 9.17) is 57.8 Å². The summed E-state index contributed by atoms with van der Waals surface area (Å²) in [6.45, 7) is 9.94. The largest absolute Gasteiger partial charge is 0.472 e. The van der Waals surface area contributed by atoms with Crippen molar-refractivity contribution in [2.75, 3.05) is 126 Å².